The summed E-state index contributed by atoms with van der Waals surface area (Å²) >= 11 is 0. The first-order valence-corrected chi connectivity index (χ1v) is 6.79. The molecule has 0 spiro atoms. The summed E-state index contributed by atoms with van der Waals surface area (Å²) in [6.07, 6.45) is 3.72. The van der Waals surface area contributed by atoms with E-state index in [1.165, 1.54) is 14.2 Å². The summed E-state index contributed by atoms with van der Waals surface area (Å²) in [5.41, 5.74) is 1.24. The van der Waals surface area contributed by atoms with Gasteiger partial charge in [0.2, 0.25) is 11.5 Å². The fourth-order valence-corrected chi connectivity index (χ4v) is 2.28. The van der Waals surface area contributed by atoms with Gasteiger partial charge in [-0.1, -0.05) is 12.8 Å². The summed E-state index contributed by atoms with van der Waals surface area (Å²) in [4.78, 5) is 0. The first-order chi connectivity index (χ1) is 9.58. The first-order valence-electron chi connectivity index (χ1n) is 6.79. The topological polar surface area (TPSA) is 58.9 Å². The number of benzene rings is 1. The van der Waals surface area contributed by atoms with Gasteiger partial charge in [0.05, 0.1) is 20.9 Å². The van der Waals surface area contributed by atoms with Crippen LogP contribution in [0.5, 0.6) is 23.0 Å². The number of hydrogen-bond donors (Lipinski definition) is 2. The number of methoxy groups -OCH3 is 2. The Labute approximate surface area is 119 Å². The zero-order valence-corrected chi connectivity index (χ0v) is 12.3. The Morgan fingerprint density at radius 1 is 0.900 bits per heavy atom. The molecule has 2 N–H and O–H groups in total. The molecule has 0 radical (unpaired) electrons. The fourth-order valence-electron chi connectivity index (χ4n) is 2.28. The summed E-state index contributed by atoms with van der Waals surface area (Å²) in [7, 11) is 2.82. The predicted molar refractivity (Wildman–Crippen MR) is 75.8 cm³/mol. The molecule has 114 valence electrons. The van der Waals surface area contributed by atoms with Crippen molar-refractivity contribution in [1.29, 1.82) is 0 Å². The molecule has 0 aliphatic carbocycles. The highest BCUT2D eigenvalue weighted by atomic mass is 19.1. The van der Waals surface area contributed by atoms with E-state index in [0.29, 0.717) is 24.0 Å². The molecule has 20 heavy (non-hydrogen) atoms. The van der Waals surface area contributed by atoms with Crippen molar-refractivity contribution in [3.05, 3.63) is 11.1 Å². The van der Waals surface area contributed by atoms with Crippen LogP contribution >= 0.6 is 0 Å². The van der Waals surface area contributed by atoms with Crippen molar-refractivity contribution in [3.63, 3.8) is 0 Å². The van der Waals surface area contributed by atoms with Crippen LogP contribution < -0.4 is 9.47 Å². The lowest BCUT2D eigenvalue weighted by Gasteiger charge is -2.17. The van der Waals surface area contributed by atoms with Gasteiger partial charge < -0.3 is 19.7 Å². The zero-order chi connectivity index (χ0) is 15.1. The quantitative estimate of drug-likeness (QED) is 0.567. The SMILES string of the molecule is COc1c(O)c(C)c(CCCCCCF)c(O)c1OC. The van der Waals surface area contributed by atoms with Gasteiger partial charge in [0.15, 0.2) is 11.5 Å². The molecule has 1 rings (SSSR count). The van der Waals surface area contributed by atoms with Gasteiger partial charge in [0.25, 0.3) is 0 Å². The van der Waals surface area contributed by atoms with Gasteiger partial charge >= 0.3 is 0 Å². The minimum absolute atomic E-state index is 0.00476. The number of phenolic OH excluding ortho intramolecular Hbond substituents is 2. The number of hydrogen-bond acceptors (Lipinski definition) is 4. The largest absolute Gasteiger partial charge is 0.504 e. The Morgan fingerprint density at radius 2 is 1.45 bits per heavy atom. The van der Waals surface area contributed by atoms with Crippen molar-refractivity contribution in [2.45, 2.75) is 39.0 Å². The van der Waals surface area contributed by atoms with Crippen LogP contribution in [0.25, 0.3) is 0 Å². The molecule has 0 aromatic heterocycles. The third-order valence-corrected chi connectivity index (χ3v) is 3.45. The molecule has 1 aromatic carbocycles. The van der Waals surface area contributed by atoms with Gasteiger partial charge in [-0.15, -0.1) is 0 Å². The number of unbranched alkanes of at least 4 members (excludes halogenated alkanes) is 3. The minimum atomic E-state index is -0.290. The van der Waals surface area contributed by atoms with E-state index < -0.39 is 0 Å². The lowest BCUT2D eigenvalue weighted by Crippen LogP contribution is -1.99. The fraction of sp³-hybridized carbons (Fsp3) is 0.600. The van der Waals surface area contributed by atoms with E-state index in [4.69, 9.17) is 9.47 Å². The first kappa shape index (κ1) is 16.4. The monoisotopic (exact) mass is 286 g/mol. The van der Waals surface area contributed by atoms with E-state index >= 15 is 0 Å². The Kier molecular flexibility index (Phi) is 6.42. The molecule has 0 bridgehead atoms. The Hall–Kier alpha value is -1.65. The molecule has 4 nitrogen and oxygen atoms in total. The standard InChI is InChI=1S/C15H23FO4/c1-10-11(8-6-4-5-7-9-16)13(18)15(20-3)14(19-2)12(10)17/h17-18H,4-9H2,1-3H3. The summed E-state index contributed by atoms with van der Waals surface area (Å²) in [5, 5.41) is 20.3. The van der Waals surface area contributed by atoms with E-state index in [1.807, 2.05) is 0 Å². The molecule has 0 aliphatic rings. The smallest absolute Gasteiger partial charge is 0.207 e. The van der Waals surface area contributed by atoms with E-state index in [-0.39, 0.29) is 29.7 Å². The summed E-state index contributed by atoms with van der Waals surface area (Å²) in [5.74, 6) is 0.282. The predicted octanol–water partition coefficient (Wildman–Crippen LogP) is 3.50. The maximum atomic E-state index is 12.0. The second-order valence-electron chi connectivity index (χ2n) is 4.72. The molecule has 5 heteroatoms. The molecular weight excluding hydrogens is 263 g/mol. The number of rotatable bonds is 8. The van der Waals surface area contributed by atoms with E-state index in [0.717, 1.165) is 19.3 Å². The highest BCUT2D eigenvalue weighted by Crippen LogP contribution is 2.48. The molecule has 0 unspecified atom stereocenters. The molecule has 0 amide bonds. The lowest BCUT2D eigenvalue weighted by molar-refractivity contribution is 0.313. The summed E-state index contributed by atoms with van der Waals surface area (Å²) in [6, 6.07) is 0. The van der Waals surface area contributed by atoms with Gasteiger partial charge in [0.1, 0.15) is 0 Å². The van der Waals surface area contributed by atoms with Crippen LogP contribution in [0.3, 0.4) is 0 Å². The highest BCUT2D eigenvalue weighted by Gasteiger charge is 2.22. The molecule has 0 heterocycles. The van der Waals surface area contributed by atoms with Crippen LogP contribution in [-0.4, -0.2) is 31.1 Å². The zero-order valence-electron chi connectivity index (χ0n) is 12.3. The molecule has 0 saturated carbocycles. The molecule has 0 atom stereocenters. The van der Waals surface area contributed by atoms with Crippen LogP contribution in [0.15, 0.2) is 0 Å². The Balaban J connectivity index is 2.93. The maximum Gasteiger partial charge on any atom is 0.207 e. The highest BCUT2D eigenvalue weighted by molar-refractivity contribution is 5.65. The van der Waals surface area contributed by atoms with E-state index in [2.05, 4.69) is 0 Å². The molecular formula is C15H23FO4. The van der Waals surface area contributed by atoms with Crippen molar-refractivity contribution >= 4 is 0 Å². The van der Waals surface area contributed by atoms with Crippen molar-refractivity contribution in [2.24, 2.45) is 0 Å². The van der Waals surface area contributed by atoms with Crippen LogP contribution in [0.2, 0.25) is 0 Å². The van der Waals surface area contributed by atoms with Crippen LogP contribution in [0.4, 0.5) is 4.39 Å². The molecule has 0 fully saturated rings. The average molecular weight is 286 g/mol. The Bertz CT molecular complexity index is 446. The van der Waals surface area contributed by atoms with Gasteiger partial charge in [-0.25, -0.2) is 0 Å². The number of halogens is 1. The lowest BCUT2D eigenvalue weighted by atomic mass is 9.98. The van der Waals surface area contributed by atoms with Gasteiger partial charge in [0, 0.05) is 11.1 Å². The third kappa shape index (κ3) is 3.46. The minimum Gasteiger partial charge on any atom is -0.504 e. The molecule has 1 aromatic rings. The van der Waals surface area contributed by atoms with Gasteiger partial charge in [-0.2, -0.15) is 0 Å². The van der Waals surface area contributed by atoms with E-state index in [9.17, 15) is 14.6 Å². The summed E-state index contributed by atoms with van der Waals surface area (Å²) in [6.45, 7) is 1.44. The van der Waals surface area contributed by atoms with Crippen molar-refractivity contribution in [2.75, 3.05) is 20.9 Å². The van der Waals surface area contributed by atoms with Crippen molar-refractivity contribution < 1.29 is 24.1 Å². The maximum absolute atomic E-state index is 12.0. The third-order valence-electron chi connectivity index (χ3n) is 3.45. The normalized spacial score (nSPS) is 10.6. The molecule has 0 aliphatic heterocycles. The molecule has 0 saturated heterocycles. The summed E-state index contributed by atoms with van der Waals surface area (Å²) < 4.78 is 22.2. The van der Waals surface area contributed by atoms with E-state index in [1.54, 1.807) is 6.92 Å². The van der Waals surface area contributed by atoms with Crippen LogP contribution in [-0.2, 0) is 6.42 Å². The van der Waals surface area contributed by atoms with Crippen molar-refractivity contribution in [3.8, 4) is 23.0 Å². The van der Waals surface area contributed by atoms with Crippen LogP contribution in [0, 0.1) is 6.92 Å². The number of aromatic hydroxyl groups is 2. The number of alkyl halides is 1. The van der Waals surface area contributed by atoms with Gasteiger partial charge in [-0.3, -0.25) is 4.39 Å². The Morgan fingerprint density at radius 3 is 2.00 bits per heavy atom. The number of phenols is 2. The van der Waals surface area contributed by atoms with Crippen LogP contribution in [0.1, 0.15) is 36.8 Å². The number of ether oxygens (including phenoxy) is 2. The van der Waals surface area contributed by atoms with Gasteiger partial charge in [-0.05, 0) is 26.2 Å². The second kappa shape index (κ2) is 7.82. The van der Waals surface area contributed by atoms with Crippen molar-refractivity contribution in [1.82, 2.24) is 0 Å². The average Bonchev–Trinajstić information content (AvgIpc) is 2.45. The second-order valence-corrected chi connectivity index (χ2v) is 4.72.